The van der Waals surface area contributed by atoms with Gasteiger partial charge in [0.1, 0.15) is 6.61 Å². The van der Waals surface area contributed by atoms with Crippen molar-refractivity contribution in [2.45, 2.75) is 26.3 Å². The molecule has 0 saturated heterocycles. The zero-order valence-electron chi connectivity index (χ0n) is 15.5. The fraction of sp³-hybridized carbons (Fsp3) is 0.261. The van der Waals surface area contributed by atoms with E-state index in [-0.39, 0.29) is 6.04 Å². The van der Waals surface area contributed by atoms with E-state index >= 15 is 0 Å². The van der Waals surface area contributed by atoms with E-state index in [1.165, 1.54) is 15.9 Å². The molecular formula is C23H26NOP. The van der Waals surface area contributed by atoms with Gasteiger partial charge < -0.3 is 4.74 Å². The molecule has 1 heterocycles. The molecular weight excluding hydrogens is 337 g/mol. The van der Waals surface area contributed by atoms with Crippen molar-refractivity contribution in [2.24, 2.45) is 10.9 Å². The largest absolute Gasteiger partial charge is 0.478 e. The van der Waals surface area contributed by atoms with Crippen LogP contribution in [0.15, 0.2) is 89.7 Å². The van der Waals surface area contributed by atoms with Gasteiger partial charge in [-0.15, -0.1) is 0 Å². The molecule has 2 nitrogen and oxygen atoms in total. The van der Waals surface area contributed by atoms with Crippen LogP contribution >= 0.6 is 7.92 Å². The molecule has 3 rings (SSSR count). The van der Waals surface area contributed by atoms with E-state index in [2.05, 4.69) is 87.2 Å². The van der Waals surface area contributed by atoms with E-state index in [9.17, 15) is 0 Å². The molecule has 0 aliphatic carbocycles. The third-order valence-electron chi connectivity index (χ3n) is 4.46. The van der Waals surface area contributed by atoms with Crippen molar-refractivity contribution in [2.75, 3.05) is 6.61 Å². The molecule has 0 fully saturated rings. The van der Waals surface area contributed by atoms with E-state index < -0.39 is 7.92 Å². The lowest BCUT2D eigenvalue weighted by molar-refractivity contribution is 0.287. The molecule has 0 spiro atoms. The first-order valence-corrected chi connectivity index (χ1v) is 10.4. The van der Waals surface area contributed by atoms with Crippen molar-refractivity contribution in [3.05, 3.63) is 84.7 Å². The van der Waals surface area contributed by atoms with Crippen LogP contribution in [0, 0.1) is 5.92 Å². The Morgan fingerprint density at radius 3 is 2.15 bits per heavy atom. The first-order valence-electron chi connectivity index (χ1n) is 9.10. The number of nitrogens with zero attached hydrogens (tertiary/aromatic N) is 1. The van der Waals surface area contributed by atoms with Gasteiger partial charge in [0.15, 0.2) is 5.90 Å². The van der Waals surface area contributed by atoms with Crippen LogP contribution in [-0.2, 0) is 4.74 Å². The van der Waals surface area contributed by atoms with Gasteiger partial charge in [-0.05, 0) is 29.8 Å². The molecule has 2 aromatic rings. The zero-order chi connectivity index (χ0) is 18.4. The smallest absolute Gasteiger partial charge is 0.188 e. The Hall–Kier alpha value is -2.18. The number of hydrogen-bond donors (Lipinski definition) is 0. The second-order valence-electron chi connectivity index (χ2n) is 6.72. The highest BCUT2D eigenvalue weighted by Gasteiger charge is 2.25. The van der Waals surface area contributed by atoms with Crippen LogP contribution in [0.1, 0.15) is 20.3 Å². The number of rotatable bonds is 7. The van der Waals surface area contributed by atoms with Crippen LogP contribution in [0.5, 0.6) is 0 Å². The normalized spacial score (nSPS) is 17.3. The summed E-state index contributed by atoms with van der Waals surface area (Å²) in [5.74, 6) is 1.36. The Morgan fingerprint density at radius 2 is 1.69 bits per heavy atom. The zero-order valence-corrected chi connectivity index (χ0v) is 16.4. The molecule has 1 atom stereocenters. The molecule has 0 radical (unpaired) electrons. The number of aliphatic imine (C=N–C) groups is 1. The molecule has 0 N–H and O–H groups in total. The number of hydrogen-bond acceptors (Lipinski definition) is 2. The highest BCUT2D eigenvalue weighted by molar-refractivity contribution is 7.76. The Kier molecular flexibility index (Phi) is 6.41. The predicted octanol–water partition coefficient (Wildman–Crippen LogP) is 5.03. The first-order chi connectivity index (χ1) is 12.7. The van der Waals surface area contributed by atoms with Gasteiger partial charge in [0.2, 0.25) is 0 Å². The molecule has 26 heavy (non-hydrogen) atoms. The van der Waals surface area contributed by atoms with Crippen molar-refractivity contribution in [3.8, 4) is 0 Å². The lowest BCUT2D eigenvalue weighted by Gasteiger charge is -2.22. The van der Waals surface area contributed by atoms with E-state index in [4.69, 9.17) is 9.73 Å². The minimum Gasteiger partial charge on any atom is -0.478 e. The number of ether oxygens (including phenoxy) is 1. The van der Waals surface area contributed by atoms with Crippen molar-refractivity contribution >= 4 is 24.4 Å². The number of allylic oxidation sites excluding steroid dienone is 2. The van der Waals surface area contributed by atoms with Gasteiger partial charge in [-0.2, -0.15) is 0 Å². The minimum atomic E-state index is -0.637. The van der Waals surface area contributed by atoms with Crippen molar-refractivity contribution in [1.29, 1.82) is 0 Å². The molecule has 0 bridgehead atoms. The highest BCUT2D eigenvalue weighted by Crippen LogP contribution is 2.45. The molecule has 1 aliphatic rings. The van der Waals surface area contributed by atoms with Crippen molar-refractivity contribution in [3.63, 3.8) is 0 Å². The molecule has 3 heteroatoms. The lowest BCUT2D eigenvalue weighted by Crippen LogP contribution is -2.14. The fourth-order valence-electron chi connectivity index (χ4n) is 3.02. The Bertz CT molecular complexity index is 741. The van der Waals surface area contributed by atoms with E-state index in [1.54, 1.807) is 0 Å². The van der Waals surface area contributed by atoms with Crippen LogP contribution in [-0.4, -0.2) is 18.5 Å². The van der Waals surface area contributed by atoms with Gasteiger partial charge >= 0.3 is 0 Å². The summed E-state index contributed by atoms with van der Waals surface area (Å²) in [5, 5.41) is 3.98. The monoisotopic (exact) mass is 363 g/mol. The summed E-state index contributed by atoms with van der Waals surface area (Å²) in [5.41, 5.74) is 0. The average Bonchev–Trinajstić information content (AvgIpc) is 3.13. The van der Waals surface area contributed by atoms with Gasteiger partial charge in [-0.1, -0.05) is 93.2 Å². The van der Waals surface area contributed by atoms with E-state index in [0.717, 1.165) is 12.3 Å². The van der Waals surface area contributed by atoms with Gasteiger partial charge in [0.25, 0.3) is 0 Å². The highest BCUT2D eigenvalue weighted by atomic mass is 31.1. The summed E-state index contributed by atoms with van der Waals surface area (Å²) in [7, 11) is -0.637. The maximum absolute atomic E-state index is 5.91. The van der Waals surface area contributed by atoms with Crippen LogP contribution in [0.4, 0.5) is 0 Å². The topological polar surface area (TPSA) is 21.6 Å². The maximum atomic E-state index is 5.91. The summed E-state index contributed by atoms with van der Waals surface area (Å²) in [6.07, 6.45) is 4.76. The van der Waals surface area contributed by atoms with Gasteiger partial charge in [-0.3, -0.25) is 0 Å². The minimum absolute atomic E-state index is 0.273. The standard InChI is InChI=1S/C23H26NOP/c1-4-11-21(16-23-24-22(17-25-23)18(2)3)26(19-12-7-5-8-13-19)20-14-9-6-10-15-20/h4-15,18,22H,1,16-17H2,2-3H3/b21-11+/t22-/m1/s1. The Labute approximate surface area is 158 Å². The summed E-state index contributed by atoms with van der Waals surface area (Å²) < 4.78 is 5.91. The Balaban J connectivity index is 1.96. The second-order valence-corrected chi connectivity index (χ2v) is 9.00. The quantitative estimate of drug-likeness (QED) is 0.499. The summed E-state index contributed by atoms with van der Waals surface area (Å²) >= 11 is 0. The number of benzene rings is 2. The van der Waals surface area contributed by atoms with Crippen LogP contribution in [0.2, 0.25) is 0 Å². The van der Waals surface area contributed by atoms with E-state index in [1.807, 2.05) is 6.08 Å². The lowest BCUT2D eigenvalue weighted by atomic mass is 10.1. The van der Waals surface area contributed by atoms with Crippen molar-refractivity contribution in [1.82, 2.24) is 0 Å². The summed E-state index contributed by atoms with van der Waals surface area (Å²) in [6.45, 7) is 9.03. The Morgan fingerprint density at radius 1 is 1.12 bits per heavy atom. The van der Waals surface area contributed by atoms with Gasteiger partial charge in [0.05, 0.1) is 6.04 Å². The van der Waals surface area contributed by atoms with E-state index in [0.29, 0.717) is 12.5 Å². The molecule has 1 aliphatic heterocycles. The van der Waals surface area contributed by atoms with Gasteiger partial charge in [0, 0.05) is 6.42 Å². The first kappa shape index (κ1) is 18.6. The molecule has 134 valence electrons. The maximum Gasteiger partial charge on any atom is 0.188 e. The summed E-state index contributed by atoms with van der Waals surface area (Å²) in [4.78, 5) is 4.81. The molecule has 2 aromatic carbocycles. The molecule has 0 saturated carbocycles. The summed E-state index contributed by atoms with van der Waals surface area (Å²) in [6, 6.07) is 21.7. The van der Waals surface area contributed by atoms with Crippen LogP contribution < -0.4 is 10.6 Å². The molecule has 0 amide bonds. The second kappa shape index (κ2) is 8.96. The SMILES string of the molecule is C=C/C=C(\CC1=N[C@@H](C(C)C)CO1)P(c1ccccc1)c1ccccc1. The van der Waals surface area contributed by atoms with Gasteiger partial charge in [-0.25, -0.2) is 4.99 Å². The average molecular weight is 363 g/mol. The fourth-order valence-corrected chi connectivity index (χ4v) is 5.47. The van der Waals surface area contributed by atoms with Crippen LogP contribution in [0.3, 0.4) is 0 Å². The predicted molar refractivity (Wildman–Crippen MR) is 114 cm³/mol. The molecule has 0 aromatic heterocycles. The van der Waals surface area contributed by atoms with Crippen LogP contribution in [0.25, 0.3) is 0 Å². The third-order valence-corrected chi connectivity index (χ3v) is 6.97. The van der Waals surface area contributed by atoms with Crippen molar-refractivity contribution < 1.29 is 4.74 Å². The third kappa shape index (κ3) is 4.51. The molecule has 0 unspecified atom stereocenters.